The highest BCUT2D eigenvalue weighted by Crippen LogP contribution is 2.29. The van der Waals surface area contributed by atoms with Crippen molar-refractivity contribution >= 4 is 37.5 Å². The first-order valence-corrected chi connectivity index (χ1v) is 9.83. The Bertz CT molecular complexity index is 1270. The molecule has 13 heteroatoms. The van der Waals surface area contributed by atoms with Gasteiger partial charge >= 0.3 is 11.9 Å². The normalized spacial score (nSPS) is 12.5. The summed E-state index contributed by atoms with van der Waals surface area (Å²) in [6, 6.07) is 4.48. The molecule has 0 fully saturated rings. The van der Waals surface area contributed by atoms with Crippen LogP contribution in [0.2, 0.25) is 0 Å². The molecule has 3 rings (SSSR count). The molecule has 0 saturated carbocycles. The van der Waals surface area contributed by atoms with E-state index in [9.17, 15) is 31.2 Å². The van der Waals surface area contributed by atoms with E-state index in [0.29, 0.717) is 25.3 Å². The number of rotatable bonds is 3. The van der Waals surface area contributed by atoms with Gasteiger partial charge in [-0.15, -0.1) is 0 Å². The number of fused-ring (bicyclic) bond motifs is 1. The van der Waals surface area contributed by atoms with Gasteiger partial charge in [0, 0.05) is 18.5 Å². The number of alkyl halides is 3. The summed E-state index contributed by atoms with van der Waals surface area (Å²) < 4.78 is 69.3. The van der Waals surface area contributed by atoms with Crippen molar-refractivity contribution in [3.8, 4) is 5.69 Å². The van der Waals surface area contributed by atoms with Gasteiger partial charge in [-0.05, 0) is 29.7 Å². The van der Waals surface area contributed by atoms with Crippen molar-refractivity contribution in [2.75, 3.05) is 11.0 Å². The molecule has 8 nitrogen and oxygen atoms in total. The molecule has 0 aliphatic carbocycles. The Balaban J connectivity index is 2.25. The molecule has 0 aliphatic rings. The Hall–Kier alpha value is -2.67. The molecule has 144 valence electrons. The highest BCUT2D eigenvalue weighted by atomic mass is 32.2. The van der Waals surface area contributed by atoms with E-state index in [1.54, 1.807) is 0 Å². The van der Waals surface area contributed by atoms with Crippen LogP contribution in [0.3, 0.4) is 0 Å². The molecule has 1 aromatic carbocycles. The molecular formula is C14H11F3N4O4S2. The van der Waals surface area contributed by atoms with Gasteiger partial charge in [-0.25, -0.2) is 17.8 Å². The lowest BCUT2D eigenvalue weighted by atomic mass is 10.2. The van der Waals surface area contributed by atoms with Gasteiger partial charge in [0.1, 0.15) is 5.69 Å². The van der Waals surface area contributed by atoms with Crippen LogP contribution >= 0.6 is 11.5 Å². The van der Waals surface area contributed by atoms with Gasteiger partial charge in [-0.2, -0.15) is 17.5 Å². The van der Waals surface area contributed by atoms with E-state index in [1.807, 2.05) is 0 Å². The Morgan fingerprint density at radius 2 is 1.85 bits per heavy atom. The molecule has 3 aromatic rings. The molecule has 27 heavy (non-hydrogen) atoms. The lowest BCUT2D eigenvalue weighted by Crippen LogP contribution is -2.40. The van der Waals surface area contributed by atoms with Gasteiger partial charge in [-0.1, -0.05) is 0 Å². The van der Waals surface area contributed by atoms with Crippen molar-refractivity contribution in [3.63, 3.8) is 0 Å². The van der Waals surface area contributed by atoms with Crippen LogP contribution in [0.25, 0.3) is 15.8 Å². The number of hydrogen-bond donors (Lipinski definition) is 1. The summed E-state index contributed by atoms with van der Waals surface area (Å²) in [7, 11) is -2.72. The van der Waals surface area contributed by atoms with Gasteiger partial charge in [0.2, 0.25) is 10.0 Å². The molecule has 0 unspecified atom stereocenters. The number of sulfonamides is 1. The molecule has 0 amide bonds. The van der Waals surface area contributed by atoms with Crippen LogP contribution in [0.15, 0.2) is 33.9 Å². The van der Waals surface area contributed by atoms with Gasteiger partial charge in [0.25, 0.3) is 5.56 Å². The second kappa shape index (κ2) is 6.20. The highest BCUT2D eigenvalue weighted by molar-refractivity contribution is 7.92. The number of hydrogen-bond acceptors (Lipinski definition) is 6. The standard InChI is InChI=1S/C14H11F3N4O4S2/c1-20-10(14(15,16)17)6-11(22)21(13(20)23)7-3-4-9-8(5-7)12(18-26-9)19-27(2,24)25/h3-6H,1-2H3,(H,18,19). The molecular weight excluding hydrogens is 409 g/mol. The number of nitrogens with one attached hydrogen (secondary N) is 1. The summed E-state index contributed by atoms with van der Waals surface area (Å²) in [6.07, 6.45) is -3.93. The average Bonchev–Trinajstić information content (AvgIpc) is 2.90. The number of halogens is 3. The molecule has 0 atom stereocenters. The monoisotopic (exact) mass is 420 g/mol. The van der Waals surface area contributed by atoms with Gasteiger partial charge < -0.3 is 0 Å². The van der Waals surface area contributed by atoms with Crippen molar-refractivity contribution in [3.05, 3.63) is 50.8 Å². The third kappa shape index (κ3) is 3.60. The summed E-state index contributed by atoms with van der Waals surface area (Å²) >= 11 is 0.979. The van der Waals surface area contributed by atoms with Crippen LogP contribution in [-0.4, -0.2) is 28.2 Å². The molecule has 0 bridgehead atoms. The quantitative estimate of drug-likeness (QED) is 0.692. The first kappa shape index (κ1) is 19.1. The van der Waals surface area contributed by atoms with Gasteiger partial charge in [0.15, 0.2) is 5.82 Å². The maximum Gasteiger partial charge on any atom is 0.431 e. The zero-order valence-corrected chi connectivity index (χ0v) is 15.4. The van der Waals surface area contributed by atoms with Crippen LogP contribution in [0.1, 0.15) is 5.69 Å². The fraction of sp³-hybridized carbons (Fsp3) is 0.214. The second-order valence-corrected chi connectivity index (χ2v) is 8.18. The van der Waals surface area contributed by atoms with Crippen molar-refractivity contribution in [2.24, 2.45) is 7.05 Å². The van der Waals surface area contributed by atoms with Crippen molar-refractivity contribution in [1.82, 2.24) is 13.5 Å². The molecule has 0 spiro atoms. The first-order valence-electron chi connectivity index (χ1n) is 7.16. The third-order valence-electron chi connectivity index (χ3n) is 3.60. The average molecular weight is 420 g/mol. The maximum atomic E-state index is 12.9. The summed E-state index contributed by atoms with van der Waals surface area (Å²) in [5.41, 5.74) is -3.73. The second-order valence-electron chi connectivity index (χ2n) is 5.63. The predicted molar refractivity (Wildman–Crippen MR) is 93.9 cm³/mol. The predicted octanol–water partition coefficient (Wildman–Crippen LogP) is 1.54. The van der Waals surface area contributed by atoms with E-state index in [0.717, 1.165) is 24.8 Å². The van der Waals surface area contributed by atoms with E-state index in [1.165, 1.54) is 18.2 Å². The maximum absolute atomic E-state index is 12.9. The van der Waals surface area contributed by atoms with Crippen molar-refractivity contribution in [2.45, 2.75) is 6.18 Å². The smallest absolute Gasteiger partial charge is 0.292 e. The summed E-state index contributed by atoms with van der Waals surface area (Å²) in [6.45, 7) is 0. The zero-order chi connectivity index (χ0) is 20.1. The Labute approximate surface area is 153 Å². The molecule has 2 aromatic heterocycles. The van der Waals surface area contributed by atoms with Crippen molar-refractivity contribution < 1.29 is 21.6 Å². The number of nitrogens with zero attached hydrogens (tertiary/aromatic N) is 3. The number of aromatic nitrogens is 3. The third-order valence-corrected chi connectivity index (χ3v) is 5.00. The Kier molecular flexibility index (Phi) is 4.38. The first-order chi connectivity index (χ1) is 12.4. The van der Waals surface area contributed by atoms with E-state index in [2.05, 4.69) is 9.10 Å². The summed E-state index contributed by atoms with van der Waals surface area (Å²) in [4.78, 5) is 24.5. The molecule has 0 saturated heterocycles. The van der Waals surface area contributed by atoms with Crippen LogP contribution < -0.4 is 16.0 Å². The number of anilines is 1. The van der Waals surface area contributed by atoms with Crippen LogP contribution in [0, 0.1) is 0 Å². The van der Waals surface area contributed by atoms with E-state index in [-0.39, 0.29) is 11.5 Å². The minimum absolute atomic E-state index is 0.00358. The molecule has 2 heterocycles. The largest absolute Gasteiger partial charge is 0.431 e. The van der Waals surface area contributed by atoms with E-state index in [4.69, 9.17) is 0 Å². The zero-order valence-electron chi connectivity index (χ0n) is 13.7. The van der Waals surface area contributed by atoms with Crippen LogP contribution in [0.5, 0.6) is 0 Å². The lowest BCUT2D eigenvalue weighted by Gasteiger charge is -2.14. The SMILES string of the molecule is Cn1c(C(F)(F)F)cc(=O)n(-c2ccc3snc(NS(C)(=O)=O)c3c2)c1=O. The Morgan fingerprint density at radius 1 is 1.19 bits per heavy atom. The van der Waals surface area contributed by atoms with Gasteiger partial charge in [-0.3, -0.25) is 14.1 Å². The summed E-state index contributed by atoms with van der Waals surface area (Å²) in [5, 5.41) is 0.303. The molecule has 0 aliphatic heterocycles. The molecule has 1 N–H and O–H groups in total. The fourth-order valence-corrected chi connectivity index (χ4v) is 3.73. The summed E-state index contributed by atoms with van der Waals surface area (Å²) in [5.74, 6) is -0.00358. The minimum atomic E-state index is -4.86. The number of benzene rings is 1. The lowest BCUT2D eigenvalue weighted by molar-refractivity contribution is -0.144. The van der Waals surface area contributed by atoms with E-state index < -0.39 is 33.1 Å². The topological polar surface area (TPSA) is 103 Å². The highest BCUT2D eigenvalue weighted by Gasteiger charge is 2.35. The Morgan fingerprint density at radius 3 is 2.44 bits per heavy atom. The fourth-order valence-electron chi connectivity index (χ4n) is 2.45. The van der Waals surface area contributed by atoms with Crippen molar-refractivity contribution in [1.29, 1.82) is 0 Å². The van der Waals surface area contributed by atoms with Crippen LogP contribution in [-0.2, 0) is 23.2 Å². The van der Waals surface area contributed by atoms with Gasteiger partial charge in [0.05, 0.1) is 16.6 Å². The molecule has 0 radical (unpaired) electrons. The minimum Gasteiger partial charge on any atom is -0.292 e. The van der Waals surface area contributed by atoms with E-state index >= 15 is 0 Å². The van der Waals surface area contributed by atoms with Crippen LogP contribution in [0.4, 0.5) is 19.0 Å².